The second kappa shape index (κ2) is 5.30. The summed E-state index contributed by atoms with van der Waals surface area (Å²) in [5.41, 5.74) is 0.347. The molecule has 0 saturated heterocycles. The van der Waals surface area contributed by atoms with E-state index < -0.39 is 17.6 Å². The predicted molar refractivity (Wildman–Crippen MR) is 82.5 cm³/mol. The van der Waals surface area contributed by atoms with Crippen LogP contribution >= 0.6 is 0 Å². The van der Waals surface area contributed by atoms with E-state index in [1.165, 1.54) is 0 Å². The lowest BCUT2D eigenvalue weighted by Crippen LogP contribution is -2.24. The Bertz CT molecular complexity index is 1010. The van der Waals surface area contributed by atoms with Crippen molar-refractivity contribution in [1.29, 1.82) is 0 Å². The van der Waals surface area contributed by atoms with Crippen LogP contribution in [0.4, 0.5) is 17.6 Å². The molecule has 1 N–H and O–H groups in total. The first-order chi connectivity index (χ1) is 11.9. The van der Waals surface area contributed by atoms with Gasteiger partial charge in [-0.2, -0.15) is 13.2 Å². The third-order valence-electron chi connectivity index (χ3n) is 4.17. The van der Waals surface area contributed by atoms with Gasteiger partial charge in [-0.25, -0.2) is 9.37 Å². The fraction of sp³-hybridized carbons (Fsp3) is 0.176. The first kappa shape index (κ1) is 15.6. The summed E-state index contributed by atoms with van der Waals surface area (Å²) >= 11 is 0. The van der Waals surface area contributed by atoms with Gasteiger partial charge >= 0.3 is 6.18 Å². The quantitative estimate of drug-likeness (QED) is 0.683. The number of hydrogen-bond acceptors (Lipinski definition) is 2. The largest absolute Gasteiger partial charge is 0.416 e. The summed E-state index contributed by atoms with van der Waals surface area (Å²) in [7, 11) is 0. The van der Waals surface area contributed by atoms with E-state index in [1.807, 2.05) is 0 Å². The van der Waals surface area contributed by atoms with Crippen molar-refractivity contribution < 1.29 is 22.4 Å². The molecule has 0 fully saturated rings. The molecule has 2 aromatic carbocycles. The van der Waals surface area contributed by atoms with Gasteiger partial charge in [0.25, 0.3) is 5.91 Å². The van der Waals surface area contributed by atoms with Gasteiger partial charge in [0.2, 0.25) is 0 Å². The highest BCUT2D eigenvalue weighted by Gasteiger charge is 2.32. The van der Waals surface area contributed by atoms with Gasteiger partial charge in [-0.1, -0.05) is 6.07 Å². The summed E-state index contributed by atoms with van der Waals surface area (Å²) in [6.45, 7) is 0.656. The molecule has 2 heterocycles. The first-order valence-corrected chi connectivity index (χ1v) is 7.51. The average Bonchev–Trinajstić information content (AvgIpc) is 2.83. The Kier molecular flexibility index (Phi) is 3.31. The van der Waals surface area contributed by atoms with Crippen LogP contribution in [0.1, 0.15) is 15.9 Å². The molecule has 25 heavy (non-hydrogen) atoms. The highest BCUT2D eigenvalue weighted by atomic mass is 19.4. The van der Waals surface area contributed by atoms with Crippen molar-refractivity contribution in [2.75, 3.05) is 6.54 Å². The van der Waals surface area contributed by atoms with Crippen molar-refractivity contribution in [1.82, 2.24) is 14.9 Å². The van der Waals surface area contributed by atoms with Crippen LogP contribution in [0.2, 0.25) is 0 Å². The summed E-state index contributed by atoms with van der Waals surface area (Å²) in [6.07, 6.45) is -4.62. The fourth-order valence-corrected chi connectivity index (χ4v) is 3.04. The van der Waals surface area contributed by atoms with Crippen LogP contribution in [-0.2, 0) is 12.7 Å². The number of benzene rings is 2. The lowest BCUT2D eigenvalue weighted by molar-refractivity contribution is -0.137. The second-order valence-electron chi connectivity index (χ2n) is 5.71. The summed E-state index contributed by atoms with van der Waals surface area (Å²) < 4.78 is 54.3. The molecular weight excluding hydrogens is 338 g/mol. The first-order valence-electron chi connectivity index (χ1n) is 7.51. The zero-order valence-corrected chi connectivity index (χ0v) is 12.7. The number of carbonyl (C=O) groups is 1. The van der Waals surface area contributed by atoms with Crippen LogP contribution in [0, 0.1) is 5.82 Å². The van der Waals surface area contributed by atoms with Crippen molar-refractivity contribution in [3.63, 3.8) is 0 Å². The third-order valence-corrected chi connectivity index (χ3v) is 4.17. The molecule has 4 rings (SSSR count). The maximum absolute atomic E-state index is 14.4. The van der Waals surface area contributed by atoms with Gasteiger partial charge in [0, 0.05) is 13.1 Å². The highest BCUT2D eigenvalue weighted by molar-refractivity contribution is 6.06. The summed E-state index contributed by atoms with van der Waals surface area (Å²) in [5, 5.41) is 2.73. The van der Waals surface area contributed by atoms with Crippen molar-refractivity contribution in [3.05, 3.63) is 53.3 Å². The van der Waals surface area contributed by atoms with Gasteiger partial charge in [0.15, 0.2) is 0 Å². The number of aromatic nitrogens is 2. The van der Waals surface area contributed by atoms with E-state index in [0.717, 1.165) is 12.1 Å². The number of nitrogens with zero attached hydrogens (tertiary/aromatic N) is 2. The maximum Gasteiger partial charge on any atom is 0.416 e. The average molecular weight is 349 g/mol. The molecule has 0 aliphatic carbocycles. The van der Waals surface area contributed by atoms with E-state index in [0.29, 0.717) is 35.8 Å². The number of amides is 1. The van der Waals surface area contributed by atoms with E-state index in [1.54, 1.807) is 22.8 Å². The van der Waals surface area contributed by atoms with Crippen LogP contribution in [-0.4, -0.2) is 22.0 Å². The van der Waals surface area contributed by atoms with Crippen molar-refractivity contribution in [2.45, 2.75) is 12.7 Å². The maximum atomic E-state index is 14.4. The van der Waals surface area contributed by atoms with Crippen molar-refractivity contribution >= 4 is 16.9 Å². The Morgan fingerprint density at radius 3 is 2.64 bits per heavy atom. The molecule has 0 radical (unpaired) electrons. The number of nitrogens with one attached hydrogen (secondary N) is 1. The van der Waals surface area contributed by atoms with E-state index in [4.69, 9.17) is 0 Å². The zero-order chi connectivity index (χ0) is 17.8. The molecule has 1 aromatic heterocycles. The molecular formula is C17H11F4N3O. The molecule has 4 nitrogen and oxygen atoms in total. The Labute approximate surface area is 139 Å². The molecule has 1 aliphatic rings. The predicted octanol–water partition coefficient (Wildman–Crippen LogP) is 3.60. The number of rotatable bonds is 1. The SMILES string of the molecule is O=C1NCCn2c(-c3ccc(C(F)(F)F)cc3F)nc3cccc1c32. The summed E-state index contributed by atoms with van der Waals surface area (Å²) in [5.74, 6) is -1.07. The molecule has 128 valence electrons. The lowest BCUT2D eigenvalue weighted by Gasteiger charge is -2.11. The standard InChI is InChI=1S/C17H11F4N3O/c18-12-8-9(17(19,20)21)4-5-10(12)15-23-13-3-1-2-11-14(13)24(15)7-6-22-16(11)25/h1-5,8H,6-7H2,(H,22,25). The monoisotopic (exact) mass is 349 g/mol. The normalized spacial score (nSPS) is 14.5. The van der Waals surface area contributed by atoms with Crippen molar-refractivity contribution in [2.24, 2.45) is 0 Å². The van der Waals surface area contributed by atoms with E-state index in [9.17, 15) is 22.4 Å². The Morgan fingerprint density at radius 1 is 1.12 bits per heavy atom. The van der Waals surface area contributed by atoms with Gasteiger partial charge in [0.05, 0.1) is 27.7 Å². The minimum Gasteiger partial charge on any atom is -0.350 e. The summed E-state index contributed by atoms with van der Waals surface area (Å²) in [6, 6.07) is 7.33. The minimum atomic E-state index is -4.62. The van der Waals surface area contributed by atoms with E-state index in [2.05, 4.69) is 10.3 Å². The molecule has 0 bridgehead atoms. The van der Waals surface area contributed by atoms with Gasteiger partial charge in [-0.15, -0.1) is 0 Å². The topological polar surface area (TPSA) is 46.9 Å². The van der Waals surface area contributed by atoms with Gasteiger partial charge < -0.3 is 9.88 Å². The number of halogens is 4. The van der Waals surface area contributed by atoms with Crippen LogP contribution < -0.4 is 5.32 Å². The van der Waals surface area contributed by atoms with E-state index in [-0.39, 0.29) is 17.3 Å². The highest BCUT2D eigenvalue weighted by Crippen LogP contribution is 2.34. The molecule has 0 atom stereocenters. The van der Waals surface area contributed by atoms with Crippen LogP contribution in [0.3, 0.4) is 0 Å². The number of carbonyl (C=O) groups excluding carboxylic acids is 1. The molecule has 1 aliphatic heterocycles. The van der Waals surface area contributed by atoms with E-state index >= 15 is 0 Å². The van der Waals surface area contributed by atoms with Crippen LogP contribution in [0.25, 0.3) is 22.4 Å². The minimum absolute atomic E-state index is 0.0375. The smallest absolute Gasteiger partial charge is 0.350 e. The molecule has 3 aromatic rings. The van der Waals surface area contributed by atoms with Crippen LogP contribution in [0.15, 0.2) is 36.4 Å². The van der Waals surface area contributed by atoms with Gasteiger partial charge in [-0.3, -0.25) is 4.79 Å². The molecule has 0 spiro atoms. The molecule has 0 unspecified atom stereocenters. The fourth-order valence-electron chi connectivity index (χ4n) is 3.04. The van der Waals surface area contributed by atoms with Crippen molar-refractivity contribution in [3.8, 4) is 11.4 Å². The number of para-hydroxylation sites is 1. The zero-order valence-electron chi connectivity index (χ0n) is 12.7. The molecule has 1 amide bonds. The lowest BCUT2D eigenvalue weighted by atomic mass is 10.1. The number of imidazole rings is 1. The third kappa shape index (κ3) is 2.45. The van der Waals surface area contributed by atoms with Gasteiger partial charge in [-0.05, 0) is 30.3 Å². The summed E-state index contributed by atoms with van der Waals surface area (Å²) in [4.78, 5) is 16.5. The Morgan fingerprint density at radius 2 is 1.92 bits per heavy atom. The molecule has 0 saturated carbocycles. The Hall–Kier alpha value is -2.90. The van der Waals surface area contributed by atoms with Crippen LogP contribution in [0.5, 0.6) is 0 Å². The van der Waals surface area contributed by atoms with Gasteiger partial charge in [0.1, 0.15) is 11.6 Å². The number of alkyl halides is 3. The number of hydrogen-bond donors (Lipinski definition) is 1. The second-order valence-corrected chi connectivity index (χ2v) is 5.71. The molecule has 8 heteroatoms. The Balaban J connectivity index is 1.95.